The molecule has 1 aromatic carbocycles. The first kappa shape index (κ1) is 14.5. The van der Waals surface area contributed by atoms with Crippen molar-refractivity contribution in [2.75, 3.05) is 13.2 Å². The molecule has 1 aliphatic heterocycles. The van der Waals surface area contributed by atoms with E-state index >= 15 is 0 Å². The van der Waals surface area contributed by atoms with Crippen molar-refractivity contribution < 1.29 is 4.74 Å². The van der Waals surface area contributed by atoms with Gasteiger partial charge < -0.3 is 10.1 Å². The van der Waals surface area contributed by atoms with Gasteiger partial charge >= 0.3 is 0 Å². The highest BCUT2D eigenvalue weighted by molar-refractivity contribution is 5.14. The topological polar surface area (TPSA) is 21.3 Å². The molecular weight excluding hydrogens is 234 g/mol. The lowest BCUT2D eigenvalue weighted by molar-refractivity contribution is 0.0936. The number of hydrogen-bond donors (Lipinski definition) is 1. The van der Waals surface area contributed by atoms with Crippen molar-refractivity contribution >= 4 is 0 Å². The lowest BCUT2D eigenvalue weighted by atomic mass is 9.99. The fraction of sp³-hybridized carbons (Fsp3) is 0.647. The van der Waals surface area contributed by atoms with E-state index in [1.54, 1.807) is 0 Å². The van der Waals surface area contributed by atoms with Crippen LogP contribution in [0.25, 0.3) is 0 Å². The van der Waals surface area contributed by atoms with Crippen molar-refractivity contribution in [2.45, 2.75) is 57.6 Å². The van der Waals surface area contributed by atoms with Gasteiger partial charge in [0, 0.05) is 12.6 Å². The summed E-state index contributed by atoms with van der Waals surface area (Å²) in [5.74, 6) is 0. The minimum absolute atomic E-state index is 0.491. The molecule has 1 aliphatic rings. The van der Waals surface area contributed by atoms with Crippen molar-refractivity contribution in [3.63, 3.8) is 0 Å². The maximum atomic E-state index is 5.78. The quantitative estimate of drug-likeness (QED) is 0.772. The van der Waals surface area contributed by atoms with Gasteiger partial charge in [-0.25, -0.2) is 0 Å². The molecule has 106 valence electrons. The highest BCUT2D eigenvalue weighted by Crippen LogP contribution is 2.19. The normalized spacial score (nSPS) is 20.6. The fourth-order valence-electron chi connectivity index (χ4n) is 2.78. The first-order valence-electron chi connectivity index (χ1n) is 7.77. The van der Waals surface area contributed by atoms with Gasteiger partial charge in [0.1, 0.15) is 0 Å². The maximum absolute atomic E-state index is 5.78. The minimum Gasteiger partial charge on any atom is -0.378 e. The van der Waals surface area contributed by atoms with E-state index in [9.17, 15) is 0 Å². The van der Waals surface area contributed by atoms with E-state index < -0.39 is 0 Å². The molecule has 0 radical (unpaired) electrons. The Hall–Kier alpha value is -0.860. The largest absolute Gasteiger partial charge is 0.378 e. The van der Waals surface area contributed by atoms with Crippen LogP contribution in [0.4, 0.5) is 0 Å². The van der Waals surface area contributed by atoms with Crippen LogP contribution in [0, 0.1) is 0 Å². The molecule has 0 aliphatic carbocycles. The molecule has 2 heteroatoms. The van der Waals surface area contributed by atoms with Crippen LogP contribution in [0.3, 0.4) is 0 Å². The summed E-state index contributed by atoms with van der Waals surface area (Å²) in [7, 11) is 0. The van der Waals surface area contributed by atoms with E-state index in [1.807, 2.05) is 0 Å². The average molecular weight is 261 g/mol. The van der Waals surface area contributed by atoms with Gasteiger partial charge in [0.25, 0.3) is 0 Å². The van der Waals surface area contributed by atoms with Gasteiger partial charge in [-0.3, -0.25) is 0 Å². The zero-order valence-electron chi connectivity index (χ0n) is 12.1. The van der Waals surface area contributed by atoms with Crippen molar-refractivity contribution in [1.29, 1.82) is 0 Å². The van der Waals surface area contributed by atoms with Crippen LogP contribution in [-0.4, -0.2) is 25.3 Å². The zero-order valence-corrected chi connectivity index (χ0v) is 12.1. The summed E-state index contributed by atoms with van der Waals surface area (Å²) >= 11 is 0. The summed E-state index contributed by atoms with van der Waals surface area (Å²) in [6.07, 6.45) is 7.73. The molecule has 1 heterocycles. The molecular formula is C17H27NO. The number of ether oxygens (including phenoxy) is 1. The minimum atomic E-state index is 0.491. The van der Waals surface area contributed by atoms with Gasteiger partial charge in [-0.15, -0.1) is 0 Å². The number of aryl methyl sites for hydroxylation is 1. The second kappa shape index (κ2) is 8.34. The summed E-state index contributed by atoms with van der Waals surface area (Å²) in [5.41, 5.74) is 1.44. The summed E-state index contributed by atoms with van der Waals surface area (Å²) < 4.78 is 5.78. The molecule has 0 saturated carbocycles. The Morgan fingerprint density at radius 2 is 2.16 bits per heavy atom. The van der Waals surface area contributed by atoms with Crippen LogP contribution in [-0.2, 0) is 11.2 Å². The summed E-state index contributed by atoms with van der Waals surface area (Å²) in [5, 5.41) is 3.69. The Morgan fingerprint density at radius 1 is 1.32 bits per heavy atom. The molecule has 0 amide bonds. The van der Waals surface area contributed by atoms with E-state index in [4.69, 9.17) is 4.74 Å². The Bertz CT molecular complexity index is 332. The molecule has 1 aromatic rings. The fourth-order valence-corrected chi connectivity index (χ4v) is 2.78. The van der Waals surface area contributed by atoms with Gasteiger partial charge in [0.15, 0.2) is 0 Å². The predicted molar refractivity (Wildman–Crippen MR) is 80.4 cm³/mol. The number of nitrogens with one attached hydrogen (secondary N) is 1. The molecule has 19 heavy (non-hydrogen) atoms. The lowest BCUT2D eigenvalue weighted by Crippen LogP contribution is -2.33. The van der Waals surface area contributed by atoms with E-state index in [1.165, 1.54) is 37.7 Å². The van der Waals surface area contributed by atoms with Crippen LogP contribution in [0.15, 0.2) is 30.3 Å². The van der Waals surface area contributed by atoms with Crippen LogP contribution in [0.5, 0.6) is 0 Å². The van der Waals surface area contributed by atoms with Crippen LogP contribution >= 0.6 is 0 Å². The molecule has 2 rings (SSSR count). The third-order valence-electron chi connectivity index (χ3n) is 3.88. The van der Waals surface area contributed by atoms with Gasteiger partial charge in [-0.2, -0.15) is 0 Å². The van der Waals surface area contributed by atoms with Gasteiger partial charge in [-0.1, -0.05) is 37.3 Å². The first-order chi connectivity index (χ1) is 9.38. The van der Waals surface area contributed by atoms with Crippen LogP contribution in [0.1, 0.15) is 44.6 Å². The Balaban J connectivity index is 1.78. The number of benzene rings is 1. The van der Waals surface area contributed by atoms with Crippen LogP contribution < -0.4 is 5.32 Å². The third-order valence-corrected chi connectivity index (χ3v) is 3.88. The molecule has 1 N–H and O–H groups in total. The van der Waals surface area contributed by atoms with Gasteiger partial charge in [0.2, 0.25) is 0 Å². The Morgan fingerprint density at radius 3 is 2.84 bits per heavy atom. The predicted octanol–water partition coefficient (Wildman–Crippen LogP) is 3.56. The summed E-state index contributed by atoms with van der Waals surface area (Å²) in [6.45, 7) is 4.31. The van der Waals surface area contributed by atoms with E-state index in [-0.39, 0.29) is 0 Å². The average Bonchev–Trinajstić information content (AvgIpc) is 2.96. The van der Waals surface area contributed by atoms with Crippen LogP contribution in [0.2, 0.25) is 0 Å². The second-order valence-corrected chi connectivity index (χ2v) is 5.55. The summed E-state index contributed by atoms with van der Waals surface area (Å²) in [6, 6.07) is 11.4. The maximum Gasteiger partial charge on any atom is 0.0590 e. The van der Waals surface area contributed by atoms with Gasteiger partial charge in [0.05, 0.1) is 6.10 Å². The van der Waals surface area contributed by atoms with Crippen molar-refractivity contribution in [3.8, 4) is 0 Å². The van der Waals surface area contributed by atoms with E-state index in [2.05, 4.69) is 42.6 Å². The monoisotopic (exact) mass is 261 g/mol. The smallest absolute Gasteiger partial charge is 0.0590 e. The highest BCUT2D eigenvalue weighted by atomic mass is 16.5. The molecule has 2 unspecified atom stereocenters. The van der Waals surface area contributed by atoms with Crippen molar-refractivity contribution in [1.82, 2.24) is 5.32 Å². The van der Waals surface area contributed by atoms with Crippen molar-refractivity contribution in [3.05, 3.63) is 35.9 Å². The zero-order chi connectivity index (χ0) is 13.3. The van der Waals surface area contributed by atoms with Crippen molar-refractivity contribution in [2.24, 2.45) is 0 Å². The number of rotatable bonds is 8. The molecule has 2 atom stereocenters. The number of hydrogen-bond acceptors (Lipinski definition) is 2. The first-order valence-corrected chi connectivity index (χ1v) is 7.77. The van der Waals surface area contributed by atoms with Gasteiger partial charge in [-0.05, 0) is 50.6 Å². The molecule has 2 nitrogen and oxygen atoms in total. The second-order valence-electron chi connectivity index (χ2n) is 5.55. The molecule has 0 aromatic heterocycles. The SMILES string of the molecule is CCCNC(CCc1ccccc1)CC1CCCO1. The molecule has 0 spiro atoms. The lowest BCUT2D eigenvalue weighted by Gasteiger charge is -2.21. The molecule has 1 fully saturated rings. The standard InChI is InChI=1S/C17H27NO/c1-2-12-18-16(14-17-9-6-13-19-17)11-10-15-7-4-3-5-8-15/h3-5,7-8,16-18H,2,6,9-14H2,1H3. The van der Waals surface area contributed by atoms with E-state index in [0.717, 1.165) is 19.6 Å². The molecule has 1 saturated heterocycles. The summed E-state index contributed by atoms with van der Waals surface area (Å²) in [4.78, 5) is 0. The highest BCUT2D eigenvalue weighted by Gasteiger charge is 2.20. The third kappa shape index (κ3) is 5.33. The molecule has 0 bridgehead atoms. The Labute approximate surface area is 117 Å². The van der Waals surface area contributed by atoms with E-state index in [0.29, 0.717) is 12.1 Å². The Kier molecular flexibility index (Phi) is 6.38.